The minimum atomic E-state index is -0.236. The summed E-state index contributed by atoms with van der Waals surface area (Å²) in [7, 11) is 0. The van der Waals surface area contributed by atoms with Crippen molar-refractivity contribution in [2.75, 3.05) is 5.32 Å². The number of carbonyl (C=O) groups excluding carboxylic acids is 1. The van der Waals surface area contributed by atoms with Crippen molar-refractivity contribution >= 4 is 17.4 Å². The number of rotatable bonds is 3. The van der Waals surface area contributed by atoms with E-state index >= 15 is 0 Å². The normalized spacial score (nSPS) is 15.9. The van der Waals surface area contributed by atoms with Crippen LogP contribution in [0.1, 0.15) is 17.2 Å². The Morgan fingerprint density at radius 1 is 0.800 bits per heavy atom. The van der Waals surface area contributed by atoms with E-state index < -0.39 is 0 Å². The number of para-hydroxylation sites is 1. The number of hydrogen-bond acceptors (Lipinski definition) is 2. The van der Waals surface area contributed by atoms with E-state index in [9.17, 15) is 4.79 Å². The molecule has 0 aromatic heterocycles. The van der Waals surface area contributed by atoms with Gasteiger partial charge in [0.1, 0.15) is 6.04 Å². The van der Waals surface area contributed by atoms with Crippen molar-refractivity contribution in [1.82, 2.24) is 5.01 Å². The number of nitrogens with zero attached hydrogens (tertiary/aromatic N) is 2. The molecule has 1 unspecified atom stereocenters. The first-order valence-electron chi connectivity index (χ1n) is 8.17. The molecule has 1 aliphatic rings. The highest BCUT2D eigenvalue weighted by Crippen LogP contribution is 2.34. The van der Waals surface area contributed by atoms with Crippen LogP contribution in [-0.2, 0) is 0 Å². The minimum Gasteiger partial charge on any atom is -0.306 e. The van der Waals surface area contributed by atoms with Gasteiger partial charge in [0.05, 0.1) is 5.71 Å². The van der Waals surface area contributed by atoms with E-state index in [-0.39, 0.29) is 12.1 Å². The lowest BCUT2D eigenvalue weighted by molar-refractivity contribution is 0.193. The molecule has 4 nitrogen and oxygen atoms in total. The Bertz CT molecular complexity index is 892. The summed E-state index contributed by atoms with van der Waals surface area (Å²) in [5.41, 5.74) is 3.72. The summed E-state index contributed by atoms with van der Waals surface area (Å²) in [6.07, 6.45) is 0. The average molecular weight is 327 g/mol. The highest BCUT2D eigenvalue weighted by atomic mass is 16.2. The molecule has 122 valence electrons. The van der Waals surface area contributed by atoms with Gasteiger partial charge >= 0.3 is 6.03 Å². The topological polar surface area (TPSA) is 44.7 Å². The fourth-order valence-electron chi connectivity index (χ4n) is 2.91. The molecule has 0 spiro atoms. The fourth-order valence-corrected chi connectivity index (χ4v) is 2.91. The van der Waals surface area contributed by atoms with Crippen LogP contribution in [0.15, 0.2) is 96.1 Å². The Kier molecular flexibility index (Phi) is 4.01. The number of benzene rings is 3. The number of amides is 2. The van der Waals surface area contributed by atoms with E-state index in [0.717, 1.165) is 22.5 Å². The standard InChI is InChI=1S/C21H17N3O/c25-21(22-18-14-8-3-9-15-18)24-20(17-12-6-2-7-13-17)19(23-24)16-10-4-1-5-11-16/h1-15,20H,(H,22,25). The van der Waals surface area contributed by atoms with Gasteiger partial charge in [-0.05, 0) is 17.7 Å². The molecule has 0 saturated carbocycles. The number of carbonyl (C=O) groups is 1. The van der Waals surface area contributed by atoms with Crippen LogP contribution in [0.5, 0.6) is 0 Å². The van der Waals surface area contributed by atoms with Gasteiger partial charge in [-0.3, -0.25) is 0 Å². The maximum absolute atomic E-state index is 12.7. The lowest BCUT2D eigenvalue weighted by Crippen LogP contribution is -2.46. The highest BCUT2D eigenvalue weighted by Gasteiger charge is 2.38. The lowest BCUT2D eigenvalue weighted by Gasteiger charge is -2.37. The van der Waals surface area contributed by atoms with Crippen LogP contribution < -0.4 is 5.32 Å². The van der Waals surface area contributed by atoms with Crippen LogP contribution in [0.2, 0.25) is 0 Å². The van der Waals surface area contributed by atoms with Crippen molar-refractivity contribution in [3.8, 4) is 0 Å². The third kappa shape index (κ3) is 3.02. The van der Waals surface area contributed by atoms with Gasteiger partial charge in [0.15, 0.2) is 0 Å². The maximum atomic E-state index is 12.7. The molecule has 1 aliphatic heterocycles. The molecule has 3 aromatic carbocycles. The minimum absolute atomic E-state index is 0.188. The summed E-state index contributed by atoms with van der Waals surface area (Å²) in [5, 5.41) is 8.88. The average Bonchev–Trinajstić information content (AvgIpc) is 2.63. The summed E-state index contributed by atoms with van der Waals surface area (Å²) in [6.45, 7) is 0. The van der Waals surface area contributed by atoms with Gasteiger partial charge in [-0.15, -0.1) is 0 Å². The number of urea groups is 1. The summed E-state index contributed by atoms with van der Waals surface area (Å²) >= 11 is 0. The zero-order valence-corrected chi connectivity index (χ0v) is 13.5. The molecule has 1 atom stereocenters. The van der Waals surface area contributed by atoms with Crippen LogP contribution in [0.25, 0.3) is 0 Å². The molecule has 3 aromatic rings. The molecular weight excluding hydrogens is 310 g/mol. The van der Waals surface area contributed by atoms with Gasteiger partial charge in [0.2, 0.25) is 0 Å². The zero-order chi connectivity index (χ0) is 17.1. The molecule has 0 aliphatic carbocycles. The molecule has 0 bridgehead atoms. The molecule has 1 N–H and O–H groups in total. The van der Waals surface area contributed by atoms with Crippen LogP contribution >= 0.6 is 0 Å². The van der Waals surface area contributed by atoms with Crippen LogP contribution in [-0.4, -0.2) is 16.8 Å². The molecule has 0 saturated heterocycles. The maximum Gasteiger partial charge on any atom is 0.343 e. The van der Waals surface area contributed by atoms with Crippen LogP contribution in [0.4, 0.5) is 10.5 Å². The molecule has 4 rings (SSSR count). The van der Waals surface area contributed by atoms with E-state index in [0.29, 0.717) is 0 Å². The van der Waals surface area contributed by atoms with Gasteiger partial charge in [0.25, 0.3) is 0 Å². The Morgan fingerprint density at radius 3 is 2.00 bits per heavy atom. The second kappa shape index (κ2) is 6.61. The SMILES string of the molecule is O=C(Nc1ccccc1)N1N=C(c2ccccc2)C1c1ccccc1. The number of hydrazone groups is 1. The molecule has 1 heterocycles. The van der Waals surface area contributed by atoms with Crippen molar-refractivity contribution in [2.45, 2.75) is 6.04 Å². The fraction of sp³-hybridized carbons (Fsp3) is 0.0476. The highest BCUT2D eigenvalue weighted by molar-refractivity contribution is 6.11. The van der Waals surface area contributed by atoms with E-state index in [2.05, 4.69) is 10.4 Å². The second-order valence-corrected chi connectivity index (χ2v) is 5.81. The monoisotopic (exact) mass is 327 g/mol. The van der Waals surface area contributed by atoms with E-state index in [1.54, 1.807) is 0 Å². The number of hydrogen-bond donors (Lipinski definition) is 1. The van der Waals surface area contributed by atoms with Gasteiger partial charge in [0, 0.05) is 11.3 Å². The number of anilines is 1. The smallest absolute Gasteiger partial charge is 0.306 e. The van der Waals surface area contributed by atoms with E-state index in [4.69, 9.17) is 0 Å². The molecule has 2 amide bonds. The van der Waals surface area contributed by atoms with Crippen LogP contribution in [0.3, 0.4) is 0 Å². The Labute approximate surface area is 146 Å². The predicted octanol–water partition coefficient (Wildman–Crippen LogP) is 4.68. The van der Waals surface area contributed by atoms with E-state index in [1.165, 1.54) is 5.01 Å². The van der Waals surface area contributed by atoms with Crippen molar-refractivity contribution in [3.05, 3.63) is 102 Å². The van der Waals surface area contributed by atoms with Crippen molar-refractivity contribution in [2.24, 2.45) is 5.10 Å². The quantitative estimate of drug-likeness (QED) is 0.746. The summed E-state index contributed by atoms with van der Waals surface area (Å²) < 4.78 is 0. The van der Waals surface area contributed by atoms with E-state index in [1.807, 2.05) is 91.0 Å². The van der Waals surface area contributed by atoms with Gasteiger partial charge in [-0.2, -0.15) is 5.10 Å². The van der Waals surface area contributed by atoms with Gasteiger partial charge in [-0.25, -0.2) is 9.80 Å². The third-order valence-corrected chi connectivity index (χ3v) is 4.14. The summed E-state index contributed by atoms with van der Waals surface area (Å²) in [6, 6.07) is 28.9. The van der Waals surface area contributed by atoms with Gasteiger partial charge < -0.3 is 5.32 Å². The first-order valence-corrected chi connectivity index (χ1v) is 8.17. The van der Waals surface area contributed by atoms with Gasteiger partial charge in [-0.1, -0.05) is 78.9 Å². The van der Waals surface area contributed by atoms with Crippen LogP contribution in [0, 0.1) is 0 Å². The lowest BCUT2D eigenvalue weighted by atomic mass is 9.93. The largest absolute Gasteiger partial charge is 0.343 e. The predicted molar refractivity (Wildman–Crippen MR) is 99.5 cm³/mol. The molecule has 4 heteroatoms. The molecule has 25 heavy (non-hydrogen) atoms. The summed E-state index contributed by atoms with van der Waals surface area (Å²) in [5.74, 6) is 0. The molecular formula is C21H17N3O. The zero-order valence-electron chi connectivity index (χ0n) is 13.5. The molecule has 0 fully saturated rings. The second-order valence-electron chi connectivity index (χ2n) is 5.81. The third-order valence-electron chi connectivity index (χ3n) is 4.14. The Balaban J connectivity index is 1.64. The first-order chi connectivity index (χ1) is 12.3. The van der Waals surface area contributed by atoms with Crippen molar-refractivity contribution in [3.63, 3.8) is 0 Å². The Hall–Kier alpha value is -3.40. The summed E-state index contributed by atoms with van der Waals surface area (Å²) in [4.78, 5) is 12.7. The van der Waals surface area contributed by atoms with Crippen molar-refractivity contribution in [1.29, 1.82) is 0 Å². The Morgan fingerprint density at radius 2 is 1.36 bits per heavy atom. The van der Waals surface area contributed by atoms with Crippen molar-refractivity contribution < 1.29 is 4.79 Å². The molecule has 0 radical (unpaired) electrons. The number of nitrogens with one attached hydrogen (secondary N) is 1. The first kappa shape index (κ1) is 15.1.